The van der Waals surface area contributed by atoms with Crippen LogP contribution in [0.5, 0.6) is 0 Å². The monoisotopic (exact) mass is 245 g/mol. The molecule has 0 aliphatic rings. The second kappa shape index (κ2) is 7.99. The molecule has 0 aromatic carbocycles. The first kappa shape index (κ1) is 13.9. The van der Waals surface area contributed by atoms with Crippen molar-refractivity contribution in [1.29, 1.82) is 0 Å². The molecular formula is C10H19N3O4. The van der Waals surface area contributed by atoms with Gasteiger partial charge in [-0.1, -0.05) is 0 Å². The van der Waals surface area contributed by atoms with Crippen molar-refractivity contribution in [2.45, 2.75) is 6.54 Å². The molecular weight excluding hydrogens is 226 g/mol. The van der Waals surface area contributed by atoms with Crippen LogP contribution in [-0.2, 0) is 27.8 Å². The summed E-state index contributed by atoms with van der Waals surface area (Å²) >= 11 is 0. The van der Waals surface area contributed by atoms with Gasteiger partial charge in [0.2, 0.25) is 0 Å². The predicted octanol–water partition coefficient (Wildman–Crippen LogP) is -0.739. The van der Waals surface area contributed by atoms with E-state index in [0.717, 1.165) is 0 Å². The first-order valence-corrected chi connectivity index (χ1v) is 5.48. The van der Waals surface area contributed by atoms with E-state index in [4.69, 9.17) is 14.2 Å². The number of aromatic nitrogens is 3. The van der Waals surface area contributed by atoms with Gasteiger partial charge in [0.1, 0.15) is 6.33 Å². The van der Waals surface area contributed by atoms with E-state index in [1.165, 1.54) is 15.6 Å². The minimum Gasteiger partial charge on any atom is -0.382 e. The highest BCUT2D eigenvalue weighted by atomic mass is 16.5. The number of hydrogen-bond donors (Lipinski definition) is 0. The fraction of sp³-hybridized carbons (Fsp3) is 0.800. The van der Waals surface area contributed by atoms with Crippen molar-refractivity contribution in [2.24, 2.45) is 7.05 Å². The topological polar surface area (TPSA) is 67.5 Å². The summed E-state index contributed by atoms with van der Waals surface area (Å²) in [4.78, 5) is 11.4. The molecule has 0 unspecified atom stereocenters. The number of nitrogens with zero attached hydrogens (tertiary/aromatic N) is 3. The van der Waals surface area contributed by atoms with E-state index in [-0.39, 0.29) is 5.69 Å². The van der Waals surface area contributed by atoms with Gasteiger partial charge in [0.25, 0.3) is 0 Å². The van der Waals surface area contributed by atoms with Gasteiger partial charge in [-0.15, -0.1) is 0 Å². The Labute approximate surface area is 99.9 Å². The molecule has 17 heavy (non-hydrogen) atoms. The van der Waals surface area contributed by atoms with Crippen LogP contribution in [0.25, 0.3) is 0 Å². The van der Waals surface area contributed by atoms with Gasteiger partial charge in [-0.05, 0) is 0 Å². The predicted molar refractivity (Wildman–Crippen MR) is 61.0 cm³/mol. The summed E-state index contributed by atoms with van der Waals surface area (Å²) in [6.07, 6.45) is 1.48. The smallest absolute Gasteiger partial charge is 0.345 e. The van der Waals surface area contributed by atoms with E-state index in [1.54, 1.807) is 14.2 Å². The molecule has 0 bridgehead atoms. The summed E-state index contributed by atoms with van der Waals surface area (Å²) in [6.45, 7) is 3.09. The molecule has 1 aromatic rings. The normalized spacial score (nSPS) is 10.9. The maximum atomic E-state index is 11.4. The number of ether oxygens (including phenoxy) is 3. The molecule has 0 radical (unpaired) electrons. The number of methoxy groups -OCH3 is 1. The van der Waals surface area contributed by atoms with E-state index in [9.17, 15) is 4.79 Å². The van der Waals surface area contributed by atoms with E-state index in [0.29, 0.717) is 39.6 Å². The Balaban J connectivity index is 2.01. The Kier molecular flexibility index (Phi) is 6.53. The van der Waals surface area contributed by atoms with E-state index in [1.807, 2.05) is 0 Å². The van der Waals surface area contributed by atoms with Crippen LogP contribution < -0.4 is 5.69 Å². The molecule has 7 nitrogen and oxygen atoms in total. The zero-order valence-corrected chi connectivity index (χ0v) is 10.3. The molecule has 0 spiro atoms. The molecule has 1 heterocycles. The molecule has 0 saturated heterocycles. The average Bonchev–Trinajstić information content (AvgIpc) is 2.64. The summed E-state index contributed by atoms with van der Waals surface area (Å²) in [5.41, 5.74) is -0.134. The molecule has 0 amide bonds. The summed E-state index contributed by atoms with van der Waals surface area (Å²) in [5, 5.41) is 3.91. The lowest BCUT2D eigenvalue weighted by Crippen LogP contribution is -2.25. The van der Waals surface area contributed by atoms with Crippen molar-refractivity contribution in [1.82, 2.24) is 14.3 Å². The average molecular weight is 245 g/mol. The fourth-order valence-corrected chi connectivity index (χ4v) is 1.19. The molecule has 1 aromatic heterocycles. The number of hydrogen-bond acceptors (Lipinski definition) is 5. The highest BCUT2D eigenvalue weighted by molar-refractivity contribution is 4.64. The molecule has 0 atom stereocenters. The molecule has 0 fully saturated rings. The third-order valence-electron chi connectivity index (χ3n) is 2.14. The van der Waals surface area contributed by atoms with Crippen LogP contribution in [0.2, 0.25) is 0 Å². The van der Waals surface area contributed by atoms with Gasteiger partial charge in [0, 0.05) is 14.2 Å². The van der Waals surface area contributed by atoms with Crippen molar-refractivity contribution in [3.8, 4) is 0 Å². The maximum absolute atomic E-state index is 11.4. The van der Waals surface area contributed by atoms with Crippen LogP contribution in [0.1, 0.15) is 0 Å². The van der Waals surface area contributed by atoms with Crippen molar-refractivity contribution in [3.63, 3.8) is 0 Å². The van der Waals surface area contributed by atoms with Gasteiger partial charge in [0.05, 0.1) is 39.6 Å². The first-order valence-electron chi connectivity index (χ1n) is 5.48. The van der Waals surface area contributed by atoms with E-state index in [2.05, 4.69) is 5.10 Å². The van der Waals surface area contributed by atoms with Gasteiger partial charge in [-0.2, -0.15) is 5.10 Å². The lowest BCUT2D eigenvalue weighted by molar-refractivity contribution is 0.0223. The van der Waals surface area contributed by atoms with E-state index < -0.39 is 0 Å². The zero-order chi connectivity index (χ0) is 12.5. The highest BCUT2D eigenvalue weighted by Crippen LogP contribution is 1.82. The third kappa shape index (κ3) is 5.12. The standard InChI is InChI=1S/C10H19N3O4/c1-12-9-11-13(10(12)14)3-4-16-7-8-17-6-5-15-2/h9H,3-8H2,1-2H3. The van der Waals surface area contributed by atoms with Crippen LogP contribution in [0, 0.1) is 0 Å². The number of rotatable bonds is 9. The molecule has 0 saturated carbocycles. The number of aryl methyl sites for hydroxylation is 1. The first-order chi connectivity index (χ1) is 8.25. The largest absolute Gasteiger partial charge is 0.382 e. The molecule has 0 aliphatic carbocycles. The van der Waals surface area contributed by atoms with Crippen LogP contribution in [0.3, 0.4) is 0 Å². The van der Waals surface area contributed by atoms with Gasteiger partial charge in [-0.25, -0.2) is 9.48 Å². The molecule has 0 aliphatic heterocycles. The van der Waals surface area contributed by atoms with Crippen molar-refractivity contribution >= 4 is 0 Å². The van der Waals surface area contributed by atoms with Crippen molar-refractivity contribution < 1.29 is 14.2 Å². The molecule has 7 heteroatoms. The van der Waals surface area contributed by atoms with Gasteiger partial charge in [-0.3, -0.25) is 4.57 Å². The van der Waals surface area contributed by atoms with Crippen LogP contribution in [0.15, 0.2) is 11.1 Å². The lowest BCUT2D eigenvalue weighted by Gasteiger charge is -2.05. The summed E-state index contributed by atoms with van der Waals surface area (Å²) in [5.74, 6) is 0. The van der Waals surface area contributed by atoms with Gasteiger partial charge < -0.3 is 14.2 Å². The summed E-state index contributed by atoms with van der Waals surface area (Å²) in [7, 11) is 3.29. The van der Waals surface area contributed by atoms with E-state index >= 15 is 0 Å². The van der Waals surface area contributed by atoms with Crippen LogP contribution >= 0.6 is 0 Å². The zero-order valence-electron chi connectivity index (χ0n) is 10.3. The Morgan fingerprint density at radius 3 is 2.41 bits per heavy atom. The lowest BCUT2D eigenvalue weighted by atomic mass is 10.6. The van der Waals surface area contributed by atoms with Gasteiger partial charge in [0.15, 0.2) is 0 Å². The maximum Gasteiger partial charge on any atom is 0.345 e. The van der Waals surface area contributed by atoms with Crippen molar-refractivity contribution in [2.75, 3.05) is 40.1 Å². The van der Waals surface area contributed by atoms with Crippen LogP contribution in [0.4, 0.5) is 0 Å². The minimum atomic E-state index is -0.134. The second-order valence-electron chi connectivity index (χ2n) is 3.47. The fourth-order valence-electron chi connectivity index (χ4n) is 1.19. The summed E-state index contributed by atoms with van der Waals surface area (Å²) in [6, 6.07) is 0. The minimum absolute atomic E-state index is 0.134. The van der Waals surface area contributed by atoms with Gasteiger partial charge >= 0.3 is 5.69 Å². The Hall–Kier alpha value is -1.18. The Morgan fingerprint density at radius 1 is 1.18 bits per heavy atom. The third-order valence-corrected chi connectivity index (χ3v) is 2.14. The van der Waals surface area contributed by atoms with Crippen molar-refractivity contribution in [3.05, 3.63) is 16.8 Å². The second-order valence-corrected chi connectivity index (χ2v) is 3.47. The Morgan fingerprint density at radius 2 is 1.82 bits per heavy atom. The quantitative estimate of drug-likeness (QED) is 0.536. The molecule has 1 rings (SSSR count). The SMILES string of the molecule is COCCOCCOCCn1ncn(C)c1=O. The highest BCUT2D eigenvalue weighted by Gasteiger charge is 2.00. The molecule has 98 valence electrons. The Bertz CT molecular complexity index is 361. The molecule has 0 N–H and O–H groups in total. The van der Waals surface area contributed by atoms with Crippen LogP contribution in [-0.4, -0.2) is 54.5 Å². The summed E-state index contributed by atoms with van der Waals surface area (Å²) < 4.78 is 18.1.